The minimum Gasteiger partial charge on any atom is -0.152 e. The van der Waals surface area contributed by atoms with Gasteiger partial charge in [-0.15, -0.1) is 0 Å². The van der Waals surface area contributed by atoms with Crippen molar-refractivity contribution in [3.8, 4) is 22.3 Å². The van der Waals surface area contributed by atoms with E-state index >= 15 is 0 Å². The molecule has 0 bridgehead atoms. The molecule has 0 aliphatic carbocycles. The van der Waals surface area contributed by atoms with Crippen LogP contribution in [0.4, 0.5) is 0 Å². The molecule has 1 aromatic carbocycles. The molecule has 0 spiro atoms. The van der Waals surface area contributed by atoms with Gasteiger partial charge in [0.1, 0.15) is 0 Å². The average Bonchev–Trinajstić information content (AvgIpc) is 3.10. The van der Waals surface area contributed by atoms with E-state index in [0.29, 0.717) is 0 Å². The van der Waals surface area contributed by atoms with E-state index in [4.69, 9.17) is 11.8 Å². The minimum atomic E-state index is 0.903. The van der Waals surface area contributed by atoms with Gasteiger partial charge in [0.2, 0.25) is 0 Å². The van der Waals surface area contributed by atoms with E-state index < -0.39 is 0 Å². The topological polar surface area (TPSA) is 0 Å². The summed E-state index contributed by atoms with van der Waals surface area (Å²) in [7, 11) is 0.903. The van der Waals surface area contributed by atoms with Gasteiger partial charge in [0.25, 0.3) is 0 Å². The highest BCUT2D eigenvalue weighted by molar-refractivity contribution is 7.99. The molecule has 2 heterocycles. The summed E-state index contributed by atoms with van der Waals surface area (Å²) in [6.45, 7) is 0. The highest BCUT2D eigenvalue weighted by atomic mass is 32.4. The van der Waals surface area contributed by atoms with Crippen molar-refractivity contribution in [3.05, 3.63) is 51.9 Å². The first-order chi connectivity index (χ1) is 8.90. The highest BCUT2D eigenvalue weighted by Crippen LogP contribution is 2.34. The van der Waals surface area contributed by atoms with Crippen LogP contribution < -0.4 is 5.30 Å². The van der Waals surface area contributed by atoms with Crippen LogP contribution in [0.3, 0.4) is 0 Å². The van der Waals surface area contributed by atoms with Crippen molar-refractivity contribution in [1.29, 1.82) is 0 Å². The molecule has 0 aliphatic rings. The predicted octanol–water partition coefficient (Wildman–Crippen LogP) is 5.18. The molecule has 0 amide bonds. The van der Waals surface area contributed by atoms with Crippen molar-refractivity contribution in [2.75, 3.05) is 0 Å². The minimum absolute atomic E-state index is 0.903. The lowest BCUT2D eigenvalue weighted by Gasteiger charge is -2.09. The van der Waals surface area contributed by atoms with Gasteiger partial charge in [0.05, 0.1) is 0 Å². The first-order valence-electron chi connectivity index (χ1n) is 5.41. The summed E-state index contributed by atoms with van der Waals surface area (Å²) in [5.74, 6) is 0. The van der Waals surface area contributed by atoms with Crippen LogP contribution in [0.15, 0.2) is 51.9 Å². The normalized spacial score (nSPS) is 10.9. The Morgan fingerprint density at radius 2 is 1.61 bits per heavy atom. The van der Waals surface area contributed by atoms with Crippen molar-refractivity contribution in [2.45, 2.75) is 0 Å². The van der Waals surface area contributed by atoms with E-state index in [1.165, 1.54) is 27.6 Å². The SMILES string of the molecule is S=Pc1cccc(-c2ccsc2)c1-c1ccsc1. The maximum atomic E-state index is 5.25. The van der Waals surface area contributed by atoms with Gasteiger partial charge < -0.3 is 0 Å². The van der Waals surface area contributed by atoms with Gasteiger partial charge in [-0.3, -0.25) is 0 Å². The van der Waals surface area contributed by atoms with Gasteiger partial charge in [-0.05, 0) is 56.4 Å². The lowest BCUT2D eigenvalue weighted by Crippen LogP contribution is -1.98. The predicted molar refractivity (Wildman–Crippen MR) is 87.0 cm³/mol. The third-order valence-corrected chi connectivity index (χ3v) is 5.31. The first-order valence-corrected chi connectivity index (χ1v) is 9.21. The quantitative estimate of drug-likeness (QED) is 0.601. The van der Waals surface area contributed by atoms with E-state index in [2.05, 4.69) is 51.9 Å². The molecule has 0 aliphatic heterocycles. The number of benzene rings is 1. The maximum Gasteiger partial charge on any atom is 0.0212 e. The summed E-state index contributed by atoms with van der Waals surface area (Å²) in [5, 5.41) is 9.83. The van der Waals surface area contributed by atoms with Gasteiger partial charge in [-0.2, -0.15) is 22.7 Å². The lowest BCUT2D eigenvalue weighted by atomic mass is 9.98. The van der Waals surface area contributed by atoms with Crippen LogP contribution in [-0.4, -0.2) is 0 Å². The number of rotatable bonds is 3. The van der Waals surface area contributed by atoms with Crippen molar-refractivity contribution >= 4 is 47.1 Å². The third-order valence-electron chi connectivity index (χ3n) is 2.78. The molecule has 0 unspecified atom stereocenters. The Hall–Kier alpha value is -0.860. The Morgan fingerprint density at radius 1 is 0.889 bits per heavy atom. The summed E-state index contributed by atoms with van der Waals surface area (Å²) < 4.78 is 0. The largest absolute Gasteiger partial charge is 0.152 e. The molecule has 88 valence electrons. The molecule has 18 heavy (non-hydrogen) atoms. The molecule has 0 radical (unpaired) electrons. The van der Waals surface area contributed by atoms with Crippen LogP contribution in [0.25, 0.3) is 22.3 Å². The zero-order valence-electron chi connectivity index (χ0n) is 9.37. The van der Waals surface area contributed by atoms with Gasteiger partial charge >= 0.3 is 0 Å². The zero-order chi connectivity index (χ0) is 12.4. The van der Waals surface area contributed by atoms with Crippen molar-refractivity contribution < 1.29 is 0 Å². The summed E-state index contributed by atoms with van der Waals surface area (Å²) >= 11 is 8.70. The molecule has 4 heteroatoms. The van der Waals surface area contributed by atoms with E-state index in [9.17, 15) is 0 Å². The standard InChI is InChI=1S/C14H9PS3/c16-15-13-3-1-2-12(10-4-6-17-8-10)14(13)11-5-7-18-9-11/h1-9H. The fourth-order valence-corrected chi connectivity index (χ4v) is 4.23. The summed E-state index contributed by atoms with van der Waals surface area (Å²) in [4.78, 5) is 0. The molecule has 3 aromatic rings. The van der Waals surface area contributed by atoms with E-state index in [1.807, 2.05) is 0 Å². The molecular formula is C14H9PS3. The van der Waals surface area contributed by atoms with Crippen LogP contribution in [0.1, 0.15) is 0 Å². The molecule has 0 saturated heterocycles. The highest BCUT2D eigenvalue weighted by Gasteiger charge is 2.11. The Bertz CT molecular complexity index is 654. The smallest absolute Gasteiger partial charge is 0.0212 e. The Labute approximate surface area is 121 Å². The van der Waals surface area contributed by atoms with Crippen LogP contribution in [0.2, 0.25) is 0 Å². The third kappa shape index (κ3) is 2.19. The second-order valence-corrected chi connectivity index (χ2v) is 6.59. The molecule has 0 atom stereocenters. The number of hydrogen-bond acceptors (Lipinski definition) is 3. The van der Waals surface area contributed by atoms with Gasteiger partial charge in [-0.25, -0.2) is 0 Å². The molecule has 3 rings (SSSR count). The van der Waals surface area contributed by atoms with Crippen molar-refractivity contribution in [3.63, 3.8) is 0 Å². The second-order valence-electron chi connectivity index (χ2n) is 3.82. The Morgan fingerprint density at radius 3 is 2.22 bits per heavy atom. The summed E-state index contributed by atoms with van der Waals surface area (Å²) in [5.41, 5.74) is 5.12. The fourth-order valence-electron chi connectivity index (χ4n) is 1.98. The number of thiophene rings is 2. The van der Waals surface area contributed by atoms with Crippen LogP contribution >= 0.6 is 30.0 Å². The Balaban J connectivity index is 2.29. The van der Waals surface area contributed by atoms with Crippen molar-refractivity contribution in [1.82, 2.24) is 0 Å². The van der Waals surface area contributed by atoms with Gasteiger partial charge in [0.15, 0.2) is 0 Å². The fraction of sp³-hybridized carbons (Fsp3) is 0. The first kappa shape index (κ1) is 12.2. The van der Waals surface area contributed by atoms with Crippen LogP contribution in [0, 0.1) is 0 Å². The number of hydrogen-bond donors (Lipinski definition) is 0. The molecule has 2 aromatic heterocycles. The molecule has 0 N–H and O–H groups in total. The summed E-state index contributed by atoms with van der Waals surface area (Å²) in [6, 6.07) is 10.7. The van der Waals surface area contributed by atoms with Gasteiger partial charge in [-0.1, -0.05) is 23.9 Å². The lowest BCUT2D eigenvalue weighted by molar-refractivity contribution is 1.69. The second kappa shape index (κ2) is 5.41. The molecule has 0 saturated carbocycles. The van der Waals surface area contributed by atoms with Crippen LogP contribution in [-0.2, 0) is 11.8 Å². The van der Waals surface area contributed by atoms with Gasteiger partial charge in [0, 0.05) is 18.2 Å². The van der Waals surface area contributed by atoms with E-state index in [-0.39, 0.29) is 0 Å². The summed E-state index contributed by atoms with van der Waals surface area (Å²) in [6.07, 6.45) is 0. The molecule has 0 nitrogen and oxygen atoms in total. The molecular weight excluding hydrogens is 295 g/mol. The maximum absolute atomic E-state index is 5.25. The average molecular weight is 304 g/mol. The Kier molecular flexibility index (Phi) is 3.67. The van der Waals surface area contributed by atoms with E-state index in [1.54, 1.807) is 22.7 Å². The van der Waals surface area contributed by atoms with Crippen molar-refractivity contribution in [2.24, 2.45) is 0 Å². The monoisotopic (exact) mass is 304 g/mol. The zero-order valence-corrected chi connectivity index (χ0v) is 12.7. The molecule has 0 fully saturated rings. The van der Waals surface area contributed by atoms with Crippen LogP contribution in [0.5, 0.6) is 0 Å². The van der Waals surface area contributed by atoms with E-state index in [0.717, 1.165) is 7.36 Å².